The molecule has 5 heteroatoms. The largest absolute Gasteiger partial charge is 0.495 e. The van der Waals surface area contributed by atoms with Gasteiger partial charge in [-0.1, -0.05) is 12.2 Å². The lowest BCUT2D eigenvalue weighted by Crippen LogP contribution is -2.38. The Bertz CT molecular complexity index is 750. The highest BCUT2D eigenvalue weighted by Gasteiger charge is 2.57. The van der Waals surface area contributed by atoms with Crippen LogP contribution >= 0.6 is 0 Å². The SMILES string of the molecule is COc1ccc(C(C)=O)cc1N1C(=O)C2C(C1=O)[C@H]1C=C[C@H]2CC1. The first-order valence-electron chi connectivity index (χ1n) is 8.28. The molecule has 0 N–H and O–H groups in total. The van der Waals surface area contributed by atoms with Crippen molar-refractivity contribution in [2.24, 2.45) is 23.7 Å². The summed E-state index contributed by atoms with van der Waals surface area (Å²) in [4.78, 5) is 39.0. The second-order valence-corrected chi connectivity index (χ2v) is 6.80. The lowest BCUT2D eigenvalue weighted by atomic mass is 9.63. The summed E-state index contributed by atoms with van der Waals surface area (Å²) in [6, 6.07) is 4.87. The van der Waals surface area contributed by atoms with E-state index >= 15 is 0 Å². The molecule has 1 saturated carbocycles. The van der Waals surface area contributed by atoms with Crippen molar-refractivity contribution in [3.8, 4) is 5.75 Å². The summed E-state index contributed by atoms with van der Waals surface area (Å²) < 4.78 is 5.34. The van der Waals surface area contributed by atoms with Gasteiger partial charge < -0.3 is 4.74 Å². The fraction of sp³-hybridized carbons (Fsp3) is 0.421. The van der Waals surface area contributed by atoms with Crippen LogP contribution in [0.3, 0.4) is 0 Å². The molecule has 2 unspecified atom stereocenters. The van der Waals surface area contributed by atoms with E-state index < -0.39 is 0 Å². The van der Waals surface area contributed by atoms with Crippen LogP contribution < -0.4 is 9.64 Å². The zero-order valence-corrected chi connectivity index (χ0v) is 13.7. The Morgan fingerprint density at radius 2 is 1.67 bits per heavy atom. The van der Waals surface area contributed by atoms with E-state index in [1.165, 1.54) is 18.9 Å². The molecule has 0 spiro atoms. The quantitative estimate of drug-likeness (QED) is 0.487. The number of allylic oxidation sites excluding steroid dienone is 2. The van der Waals surface area contributed by atoms with Crippen LogP contribution in [0.4, 0.5) is 5.69 Å². The van der Waals surface area contributed by atoms with Gasteiger partial charge >= 0.3 is 0 Å². The number of nitrogens with zero attached hydrogens (tertiary/aromatic N) is 1. The first-order chi connectivity index (χ1) is 11.5. The van der Waals surface area contributed by atoms with Crippen LogP contribution in [0.25, 0.3) is 0 Å². The van der Waals surface area contributed by atoms with E-state index in [2.05, 4.69) is 12.2 Å². The van der Waals surface area contributed by atoms with Gasteiger partial charge in [0, 0.05) is 5.56 Å². The number of amides is 2. The summed E-state index contributed by atoms with van der Waals surface area (Å²) in [6.07, 6.45) is 6.10. The predicted octanol–water partition coefficient (Wildman–Crippen LogP) is 2.60. The van der Waals surface area contributed by atoms with Crippen molar-refractivity contribution >= 4 is 23.3 Å². The van der Waals surface area contributed by atoms with Crippen LogP contribution in [-0.2, 0) is 9.59 Å². The van der Waals surface area contributed by atoms with E-state index in [0.717, 1.165) is 12.8 Å². The highest BCUT2D eigenvalue weighted by atomic mass is 16.5. The minimum absolute atomic E-state index is 0.114. The Morgan fingerprint density at radius 1 is 1.08 bits per heavy atom. The van der Waals surface area contributed by atoms with Crippen LogP contribution in [0, 0.1) is 23.7 Å². The predicted molar refractivity (Wildman–Crippen MR) is 87.8 cm³/mol. The Kier molecular flexibility index (Phi) is 3.34. The zero-order valence-electron chi connectivity index (χ0n) is 13.7. The van der Waals surface area contributed by atoms with E-state index in [0.29, 0.717) is 17.0 Å². The number of imide groups is 1. The Morgan fingerprint density at radius 3 is 2.12 bits per heavy atom. The number of Topliss-reactive ketones (excluding diaryl/α,β-unsaturated/α-hetero) is 1. The number of carbonyl (C=O) groups excluding carboxylic acids is 3. The molecular formula is C19H19NO4. The number of rotatable bonds is 3. The Hall–Kier alpha value is -2.43. The van der Waals surface area contributed by atoms with Gasteiger partial charge in [0.05, 0.1) is 24.6 Å². The summed E-state index contributed by atoms with van der Waals surface area (Å²) in [5, 5.41) is 0. The fourth-order valence-electron chi connectivity index (χ4n) is 4.40. The number of carbonyl (C=O) groups is 3. The fourth-order valence-corrected chi connectivity index (χ4v) is 4.40. The lowest BCUT2D eigenvalue weighted by Gasteiger charge is -2.38. The molecule has 124 valence electrons. The zero-order chi connectivity index (χ0) is 17.0. The Labute approximate surface area is 140 Å². The van der Waals surface area contributed by atoms with Gasteiger partial charge in [0.15, 0.2) is 5.78 Å². The molecule has 1 aromatic carbocycles. The number of fused-ring (bicyclic) bond motifs is 1. The average Bonchev–Trinajstić information content (AvgIpc) is 2.88. The maximum absolute atomic E-state index is 13.0. The molecule has 1 aromatic rings. The third kappa shape index (κ3) is 1.97. The molecule has 5 rings (SSSR count). The van der Waals surface area contributed by atoms with Gasteiger partial charge in [0.1, 0.15) is 5.75 Å². The molecule has 2 amide bonds. The summed E-state index contributed by atoms with van der Waals surface area (Å²) >= 11 is 0. The molecule has 3 aliphatic carbocycles. The number of ether oxygens (including phenoxy) is 1. The smallest absolute Gasteiger partial charge is 0.238 e. The summed E-state index contributed by atoms with van der Waals surface area (Å²) in [5.41, 5.74) is 0.844. The molecule has 4 atom stereocenters. The van der Waals surface area contributed by atoms with Crippen molar-refractivity contribution in [2.75, 3.05) is 12.0 Å². The molecule has 0 radical (unpaired) electrons. The van der Waals surface area contributed by atoms with Gasteiger partial charge in [-0.2, -0.15) is 0 Å². The van der Waals surface area contributed by atoms with E-state index in [9.17, 15) is 14.4 Å². The standard InChI is InChI=1S/C19H19NO4/c1-10(21)13-7-8-15(24-2)14(9-13)20-18(22)16-11-3-4-12(6-5-11)17(16)19(20)23/h3-4,7-9,11-12,16-17H,5-6H2,1-2H3/t11-,12-,16?,17?/m0/s1. The van der Waals surface area contributed by atoms with Crippen LogP contribution in [0.15, 0.2) is 30.4 Å². The van der Waals surface area contributed by atoms with Gasteiger partial charge in [-0.3, -0.25) is 14.4 Å². The number of anilines is 1. The van der Waals surface area contributed by atoms with E-state index in [-0.39, 0.29) is 41.3 Å². The molecule has 1 saturated heterocycles. The minimum Gasteiger partial charge on any atom is -0.495 e. The van der Waals surface area contributed by atoms with E-state index in [1.807, 2.05) is 0 Å². The van der Waals surface area contributed by atoms with Crippen molar-refractivity contribution in [3.05, 3.63) is 35.9 Å². The molecule has 1 heterocycles. The highest BCUT2D eigenvalue weighted by molar-refractivity contribution is 6.23. The normalized spacial score (nSPS) is 30.7. The first kappa shape index (κ1) is 15.1. The van der Waals surface area contributed by atoms with Crippen LogP contribution in [0.1, 0.15) is 30.1 Å². The molecule has 24 heavy (non-hydrogen) atoms. The highest BCUT2D eigenvalue weighted by Crippen LogP contribution is 2.51. The molecule has 2 bridgehead atoms. The third-order valence-electron chi connectivity index (χ3n) is 5.59. The van der Waals surface area contributed by atoms with Crippen molar-refractivity contribution in [3.63, 3.8) is 0 Å². The third-order valence-corrected chi connectivity index (χ3v) is 5.59. The maximum atomic E-state index is 13.0. The van der Waals surface area contributed by atoms with Crippen LogP contribution in [0.5, 0.6) is 5.75 Å². The Balaban J connectivity index is 1.80. The van der Waals surface area contributed by atoms with E-state index in [4.69, 9.17) is 4.74 Å². The van der Waals surface area contributed by atoms with Gasteiger partial charge in [-0.05, 0) is 49.8 Å². The molecule has 2 fully saturated rings. The molecule has 5 nitrogen and oxygen atoms in total. The summed E-state index contributed by atoms with van der Waals surface area (Å²) in [7, 11) is 1.50. The van der Waals surface area contributed by atoms with Crippen molar-refractivity contribution < 1.29 is 19.1 Å². The summed E-state index contributed by atoms with van der Waals surface area (Å²) in [5.74, 6) is -0.269. The number of hydrogen-bond acceptors (Lipinski definition) is 4. The van der Waals surface area contributed by atoms with Crippen LogP contribution in [0.2, 0.25) is 0 Å². The monoisotopic (exact) mass is 325 g/mol. The topological polar surface area (TPSA) is 63.7 Å². The molecule has 1 aliphatic heterocycles. The minimum atomic E-state index is -0.271. The first-order valence-corrected chi connectivity index (χ1v) is 8.28. The lowest BCUT2D eigenvalue weighted by molar-refractivity contribution is -0.124. The number of hydrogen-bond donors (Lipinski definition) is 0. The van der Waals surface area contributed by atoms with E-state index in [1.54, 1.807) is 18.2 Å². The molecule has 0 aromatic heterocycles. The second-order valence-electron chi connectivity index (χ2n) is 6.80. The number of benzene rings is 1. The van der Waals surface area contributed by atoms with Crippen molar-refractivity contribution in [1.82, 2.24) is 0 Å². The van der Waals surface area contributed by atoms with Crippen molar-refractivity contribution in [1.29, 1.82) is 0 Å². The van der Waals surface area contributed by atoms with Crippen molar-refractivity contribution in [2.45, 2.75) is 19.8 Å². The van der Waals surface area contributed by atoms with Gasteiger partial charge in [-0.15, -0.1) is 0 Å². The van der Waals surface area contributed by atoms with Crippen LogP contribution in [-0.4, -0.2) is 24.7 Å². The number of ketones is 1. The van der Waals surface area contributed by atoms with Gasteiger partial charge in [-0.25, -0.2) is 4.90 Å². The summed E-state index contributed by atoms with van der Waals surface area (Å²) in [6.45, 7) is 1.46. The van der Waals surface area contributed by atoms with Gasteiger partial charge in [0.2, 0.25) is 11.8 Å². The maximum Gasteiger partial charge on any atom is 0.238 e. The molecule has 4 aliphatic rings. The van der Waals surface area contributed by atoms with Gasteiger partial charge in [0.25, 0.3) is 0 Å². The molecular weight excluding hydrogens is 306 g/mol. The number of methoxy groups -OCH3 is 1. The second kappa shape index (κ2) is 5.30. The average molecular weight is 325 g/mol.